The third-order valence-electron chi connectivity index (χ3n) is 2.15. The predicted octanol–water partition coefficient (Wildman–Crippen LogP) is 2.54. The van der Waals surface area contributed by atoms with Gasteiger partial charge in [0.25, 0.3) is 0 Å². The van der Waals surface area contributed by atoms with Crippen molar-refractivity contribution < 1.29 is 4.42 Å². The number of nitrogen functional groups attached to an aromatic ring is 1. The van der Waals surface area contributed by atoms with Crippen LogP contribution in [0.5, 0.6) is 0 Å². The maximum absolute atomic E-state index is 5.80. The van der Waals surface area contributed by atoms with E-state index in [1.807, 2.05) is 32.0 Å². The van der Waals surface area contributed by atoms with E-state index >= 15 is 0 Å². The molecule has 0 spiro atoms. The molecule has 0 fully saturated rings. The highest BCUT2D eigenvalue weighted by Crippen LogP contribution is 2.22. The van der Waals surface area contributed by atoms with E-state index in [4.69, 9.17) is 10.2 Å². The van der Waals surface area contributed by atoms with Crippen molar-refractivity contribution in [3.63, 3.8) is 0 Å². The number of benzene rings is 1. The van der Waals surface area contributed by atoms with Crippen LogP contribution in [0.15, 0.2) is 28.8 Å². The molecule has 3 nitrogen and oxygen atoms in total. The number of hydrogen-bond acceptors (Lipinski definition) is 3. The molecule has 14 heavy (non-hydrogen) atoms. The molecule has 0 radical (unpaired) electrons. The number of aromatic nitrogens is 1. The maximum Gasteiger partial charge on any atom is 0.226 e. The van der Waals surface area contributed by atoms with Crippen LogP contribution in [0.4, 0.5) is 5.69 Å². The highest BCUT2D eigenvalue weighted by atomic mass is 16.4. The molecule has 2 aromatic rings. The number of oxazole rings is 1. The van der Waals surface area contributed by atoms with E-state index in [0.717, 1.165) is 22.6 Å². The molecule has 0 aliphatic carbocycles. The van der Waals surface area contributed by atoms with E-state index in [1.165, 1.54) is 0 Å². The number of hydrogen-bond donors (Lipinski definition) is 1. The number of nitrogens with zero attached hydrogens (tertiary/aromatic N) is 1. The summed E-state index contributed by atoms with van der Waals surface area (Å²) >= 11 is 0. The Labute approximate surface area is 82.6 Å². The number of nitrogens with two attached hydrogens (primary N) is 1. The van der Waals surface area contributed by atoms with Gasteiger partial charge in [0, 0.05) is 11.3 Å². The molecule has 0 unspecified atom stereocenters. The first kappa shape index (κ1) is 8.81. The second-order valence-corrected chi connectivity index (χ2v) is 3.35. The SMILES string of the molecule is Cc1cnc(-c2ccc(C)c(N)c2)o1. The lowest BCUT2D eigenvalue weighted by Crippen LogP contribution is -1.89. The molecule has 72 valence electrons. The summed E-state index contributed by atoms with van der Waals surface area (Å²) in [6.45, 7) is 3.84. The van der Waals surface area contributed by atoms with Crippen LogP contribution in [0.25, 0.3) is 11.5 Å². The van der Waals surface area contributed by atoms with Crippen molar-refractivity contribution in [1.82, 2.24) is 4.98 Å². The van der Waals surface area contributed by atoms with Crippen LogP contribution in [-0.2, 0) is 0 Å². The zero-order chi connectivity index (χ0) is 10.1. The summed E-state index contributed by atoms with van der Waals surface area (Å²) in [6.07, 6.45) is 1.70. The molecule has 2 rings (SSSR count). The van der Waals surface area contributed by atoms with E-state index in [-0.39, 0.29) is 0 Å². The van der Waals surface area contributed by atoms with Crippen LogP contribution in [-0.4, -0.2) is 4.98 Å². The number of anilines is 1. The zero-order valence-electron chi connectivity index (χ0n) is 8.24. The van der Waals surface area contributed by atoms with Crippen molar-refractivity contribution >= 4 is 5.69 Å². The van der Waals surface area contributed by atoms with Gasteiger partial charge >= 0.3 is 0 Å². The molecule has 0 saturated heterocycles. The van der Waals surface area contributed by atoms with Gasteiger partial charge in [-0.3, -0.25) is 0 Å². The molecular formula is C11H12N2O. The second kappa shape index (κ2) is 3.18. The lowest BCUT2D eigenvalue weighted by atomic mass is 10.1. The van der Waals surface area contributed by atoms with Crippen LogP contribution in [0.2, 0.25) is 0 Å². The van der Waals surface area contributed by atoms with E-state index in [9.17, 15) is 0 Å². The summed E-state index contributed by atoms with van der Waals surface area (Å²) in [7, 11) is 0. The highest BCUT2D eigenvalue weighted by molar-refractivity contribution is 5.62. The number of rotatable bonds is 1. The fourth-order valence-corrected chi connectivity index (χ4v) is 1.26. The summed E-state index contributed by atoms with van der Waals surface area (Å²) in [6, 6.07) is 5.79. The molecule has 3 heteroatoms. The van der Waals surface area contributed by atoms with Gasteiger partial charge in [0.2, 0.25) is 5.89 Å². The summed E-state index contributed by atoms with van der Waals surface area (Å²) < 4.78 is 5.40. The first-order chi connectivity index (χ1) is 6.66. The monoisotopic (exact) mass is 188 g/mol. The molecule has 1 aromatic carbocycles. The summed E-state index contributed by atoms with van der Waals surface area (Å²) in [4.78, 5) is 4.13. The van der Waals surface area contributed by atoms with Crippen molar-refractivity contribution in [2.24, 2.45) is 0 Å². The van der Waals surface area contributed by atoms with Crippen molar-refractivity contribution in [3.05, 3.63) is 35.7 Å². The minimum atomic E-state index is 0.620. The third-order valence-corrected chi connectivity index (χ3v) is 2.15. The molecule has 0 bridgehead atoms. The molecule has 0 atom stereocenters. The van der Waals surface area contributed by atoms with Gasteiger partial charge in [-0.25, -0.2) is 4.98 Å². The van der Waals surface area contributed by atoms with Crippen LogP contribution in [0, 0.1) is 13.8 Å². The lowest BCUT2D eigenvalue weighted by Gasteiger charge is -2.01. The van der Waals surface area contributed by atoms with Crippen LogP contribution >= 0.6 is 0 Å². The Kier molecular flexibility index (Phi) is 2.00. The Morgan fingerprint density at radius 2 is 2.07 bits per heavy atom. The average Bonchev–Trinajstić information content (AvgIpc) is 2.57. The van der Waals surface area contributed by atoms with Crippen LogP contribution < -0.4 is 5.73 Å². The summed E-state index contributed by atoms with van der Waals surface area (Å²) in [5.41, 5.74) is 8.54. The van der Waals surface area contributed by atoms with E-state index < -0.39 is 0 Å². The highest BCUT2D eigenvalue weighted by Gasteiger charge is 2.05. The first-order valence-electron chi connectivity index (χ1n) is 4.46. The molecule has 2 N–H and O–H groups in total. The van der Waals surface area contributed by atoms with Crippen molar-refractivity contribution in [3.8, 4) is 11.5 Å². The standard InChI is InChI=1S/C11H12N2O/c1-7-3-4-9(5-10(7)12)11-13-6-8(2)14-11/h3-6H,12H2,1-2H3. The predicted molar refractivity (Wildman–Crippen MR) is 55.8 cm³/mol. The largest absolute Gasteiger partial charge is 0.441 e. The van der Waals surface area contributed by atoms with Gasteiger partial charge in [-0.2, -0.15) is 0 Å². The van der Waals surface area contributed by atoms with Crippen molar-refractivity contribution in [1.29, 1.82) is 0 Å². The third kappa shape index (κ3) is 1.48. The molecule has 0 saturated carbocycles. The van der Waals surface area contributed by atoms with E-state index in [0.29, 0.717) is 5.89 Å². The van der Waals surface area contributed by atoms with Gasteiger partial charge in [-0.1, -0.05) is 6.07 Å². The minimum absolute atomic E-state index is 0.620. The molecule has 1 aromatic heterocycles. The lowest BCUT2D eigenvalue weighted by molar-refractivity contribution is 0.542. The van der Waals surface area contributed by atoms with Crippen LogP contribution in [0.3, 0.4) is 0 Å². The second-order valence-electron chi connectivity index (χ2n) is 3.35. The molecule has 0 aliphatic heterocycles. The quantitative estimate of drug-likeness (QED) is 0.699. The Morgan fingerprint density at radius 3 is 2.64 bits per heavy atom. The van der Waals surface area contributed by atoms with Gasteiger partial charge < -0.3 is 10.2 Å². The molecule has 0 amide bonds. The topological polar surface area (TPSA) is 52.0 Å². The van der Waals surface area contributed by atoms with Gasteiger partial charge in [-0.15, -0.1) is 0 Å². The molecular weight excluding hydrogens is 176 g/mol. The Morgan fingerprint density at radius 1 is 1.29 bits per heavy atom. The van der Waals surface area contributed by atoms with Gasteiger partial charge in [-0.05, 0) is 31.5 Å². The van der Waals surface area contributed by atoms with Gasteiger partial charge in [0.1, 0.15) is 5.76 Å². The summed E-state index contributed by atoms with van der Waals surface area (Å²) in [5.74, 6) is 1.42. The Hall–Kier alpha value is -1.77. The van der Waals surface area contributed by atoms with Crippen molar-refractivity contribution in [2.75, 3.05) is 5.73 Å². The Balaban J connectivity index is 2.47. The zero-order valence-corrected chi connectivity index (χ0v) is 8.24. The fourth-order valence-electron chi connectivity index (χ4n) is 1.26. The maximum atomic E-state index is 5.80. The number of aryl methyl sites for hydroxylation is 2. The smallest absolute Gasteiger partial charge is 0.226 e. The molecule has 1 heterocycles. The Bertz CT molecular complexity index is 460. The first-order valence-corrected chi connectivity index (χ1v) is 4.46. The fraction of sp³-hybridized carbons (Fsp3) is 0.182. The van der Waals surface area contributed by atoms with Gasteiger partial charge in [0.05, 0.1) is 6.20 Å². The summed E-state index contributed by atoms with van der Waals surface area (Å²) in [5, 5.41) is 0. The van der Waals surface area contributed by atoms with Crippen LogP contribution in [0.1, 0.15) is 11.3 Å². The van der Waals surface area contributed by atoms with E-state index in [1.54, 1.807) is 6.20 Å². The van der Waals surface area contributed by atoms with Crippen molar-refractivity contribution in [2.45, 2.75) is 13.8 Å². The average molecular weight is 188 g/mol. The van der Waals surface area contributed by atoms with Gasteiger partial charge in [0.15, 0.2) is 0 Å². The molecule has 0 aliphatic rings. The normalized spacial score (nSPS) is 10.4. The minimum Gasteiger partial charge on any atom is -0.441 e. The van der Waals surface area contributed by atoms with E-state index in [2.05, 4.69) is 4.98 Å².